The normalized spacial score (nSPS) is 20.5. The largest absolute Gasteiger partial charge is 0.357 e. The summed E-state index contributed by atoms with van der Waals surface area (Å²) >= 11 is 0. The highest BCUT2D eigenvalue weighted by atomic mass is 32.2. The van der Waals surface area contributed by atoms with Crippen molar-refractivity contribution in [2.24, 2.45) is 5.92 Å². The lowest BCUT2D eigenvalue weighted by Gasteiger charge is -2.39. The lowest BCUT2D eigenvalue weighted by atomic mass is 9.91. The molecule has 3 aromatic heterocycles. The zero-order valence-electron chi connectivity index (χ0n) is 31.5. The first kappa shape index (κ1) is 38.0. The van der Waals surface area contributed by atoms with E-state index in [1.54, 1.807) is 36.7 Å². The van der Waals surface area contributed by atoms with E-state index in [9.17, 15) is 22.8 Å². The minimum Gasteiger partial charge on any atom is -0.357 e. The second-order valence-corrected chi connectivity index (χ2v) is 17.0. The van der Waals surface area contributed by atoms with Gasteiger partial charge in [0.25, 0.3) is 16.1 Å². The minimum absolute atomic E-state index is 0.0882. The average molecular weight is 783 g/mol. The summed E-state index contributed by atoms with van der Waals surface area (Å²) in [6.45, 7) is 7.48. The molecule has 16 heteroatoms. The quantitative estimate of drug-likeness (QED) is 0.148. The minimum atomic E-state index is -3.79. The Balaban J connectivity index is 0.753. The van der Waals surface area contributed by atoms with Crippen molar-refractivity contribution >= 4 is 45.1 Å². The van der Waals surface area contributed by atoms with Crippen molar-refractivity contribution in [1.82, 2.24) is 39.5 Å². The Morgan fingerprint density at radius 1 is 0.893 bits per heavy atom. The fourth-order valence-corrected chi connectivity index (χ4v) is 8.97. The number of rotatable bonds is 13. The van der Waals surface area contributed by atoms with Gasteiger partial charge >= 0.3 is 0 Å². The molecule has 6 heterocycles. The first-order valence-electron chi connectivity index (χ1n) is 19.8. The van der Waals surface area contributed by atoms with E-state index in [1.807, 2.05) is 34.9 Å². The molecule has 4 fully saturated rings. The third-order valence-electron chi connectivity index (χ3n) is 11.6. The smallest absolute Gasteiger partial charge is 0.299 e. The maximum absolute atomic E-state index is 13.0. The molecule has 8 rings (SSSR count). The molecule has 0 spiro atoms. The summed E-state index contributed by atoms with van der Waals surface area (Å²) in [5.74, 6) is 0.664. The van der Waals surface area contributed by atoms with Crippen molar-refractivity contribution in [3.05, 3.63) is 78.2 Å². The highest BCUT2D eigenvalue weighted by molar-refractivity contribution is 7.90. The predicted octanol–water partition coefficient (Wildman–Crippen LogP) is 2.98. The van der Waals surface area contributed by atoms with Gasteiger partial charge in [-0.2, -0.15) is 13.1 Å². The van der Waals surface area contributed by atoms with Crippen molar-refractivity contribution in [3.63, 3.8) is 0 Å². The van der Waals surface area contributed by atoms with Gasteiger partial charge in [-0.25, -0.2) is 9.97 Å². The number of carbonyl (C=O) groups is 3. The Bertz CT molecular complexity index is 2170. The Labute approximate surface area is 327 Å². The van der Waals surface area contributed by atoms with Gasteiger partial charge in [-0.1, -0.05) is 12.1 Å². The molecule has 1 saturated carbocycles. The van der Waals surface area contributed by atoms with E-state index in [0.717, 1.165) is 94.9 Å². The summed E-state index contributed by atoms with van der Waals surface area (Å²) in [6, 6.07) is 14.9. The number of imide groups is 1. The third-order valence-corrected chi connectivity index (χ3v) is 12.7. The van der Waals surface area contributed by atoms with Gasteiger partial charge in [-0.3, -0.25) is 29.3 Å². The lowest BCUT2D eigenvalue weighted by molar-refractivity contribution is -0.134. The zero-order valence-corrected chi connectivity index (χ0v) is 32.3. The lowest BCUT2D eigenvalue weighted by Crippen LogP contribution is -2.50. The van der Waals surface area contributed by atoms with Gasteiger partial charge < -0.3 is 19.5 Å². The van der Waals surface area contributed by atoms with Crippen LogP contribution in [0.15, 0.2) is 67.1 Å². The summed E-state index contributed by atoms with van der Waals surface area (Å²) in [6.07, 6.45) is 11.6. The molecule has 1 unspecified atom stereocenters. The van der Waals surface area contributed by atoms with Gasteiger partial charge in [0, 0.05) is 95.5 Å². The summed E-state index contributed by atoms with van der Waals surface area (Å²) < 4.78 is 33.2. The number of hydrogen-bond donors (Lipinski definition) is 4. The number of aromatic nitrogens is 3. The summed E-state index contributed by atoms with van der Waals surface area (Å²) in [5.41, 5.74) is 4.04. The van der Waals surface area contributed by atoms with Crippen molar-refractivity contribution in [1.29, 1.82) is 0 Å². The van der Waals surface area contributed by atoms with E-state index < -0.39 is 10.2 Å². The van der Waals surface area contributed by atoms with Crippen LogP contribution in [0.1, 0.15) is 66.8 Å². The van der Waals surface area contributed by atoms with Gasteiger partial charge in [0.2, 0.25) is 11.8 Å². The molecule has 0 radical (unpaired) electrons. The monoisotopic (exact) mass is 782 g/mol. The number of benzene rings is 1. The first-order valence-corrected chi connectivity index (χ1v) is 21.3. The maximum Gasteiger partial charge on any atom is 0.299 e. The second-order valence-electron chi connectivity index (χ2n) is 15.5. The van der Waals surface area contributed by atoms with Crippen LogP contribution < -0.4 is 25.0 Å². The van der Waals surface area contributed by atoms with Crippen LogP contribution in [0.3, 0.4) is 0 Å². The molecule has 1 atom stereocenters. The van der Waals surface area contributed by atoms with Crippen LogP contribution in [0.4, 0.5) is 11.5 Å². The molecular weight excluding hydrogens is 733 g/mol. The number of fused-ring (bicyclic) bond motifs is 1. The number of anilines is 2. The molecule has 15 nitrogen and oxygen atoms in total. The molecule has 56 heavy (non-hydrogen) atoms. The number of pyridine rings is 2. The zero-order chi connectivity index (χ0) is 38.6. The van der Waals surface area contributed by atoms with E-state index in [4.69, 9.17) is 4.98 Å². The standard InChI is InChI=1S/C40H50N10O5S/c51-38-10-8-34(40(53)45-38)29-11-14-41-37(24-29)49-16-12-28(13-17-49)25-48-21-19-47(20-22-48)18-15-42-56(54,55)46-33-6-1-3-30(23-33)35-27-50-26-31(7-9-36(50)44-35)39(52)43-32-4-2-5-32/h1,3,6-7,9,11,14,23-24,26-28,32,34,42,46H,2,4-5,8,10,12-13,15-22,25H2,(H,43,52)(H,45,51,53). The van der Waals surface area contributed by atoms with Crippen molar-refractivity contribution in [3.8, 4) is 11.3 Å². The Morgan fingerprint density at radius 2 is 1.70 bits per heavy atom. The van der Waals surface area contributed by atoms with Gasteiger partial charge in [0.05, 0.1) is 22.9 Å². The highest BCUT2D eigenvalue weighted by Crippen LogP contribution is 2.29. The topological polar surface area (TPSA) is 173 Å². The number of piperazine rings is 1. The van der Waals surface area contributed by atoms with Crippen LogP contribution in [-0.2, 0) is 19.8 Å². The van der Waals surface area contributed by atoms with Crippen LogP contribution >= 0.6 is 0 Å². The average Bonchev–Trinajstić information content (AvgIpc) is 3.61. The molecule has 3 amide bonds. The number of nitrogens with zero attached hydrogens (tertiary/aromatic N) is 6. The number of hydrogen-bond acceptors (Lipinski definition) is 10. The van der Waals surface area contributed by atoms with Crippen LogP contribution in [0.25, 0.3) is 16.9 Å². The first-order chi connectivity index (χ1) is 27.1. The molecule has 296 valence electrons. The van der Waals surface area contributed by atoms with E-state index >= 15 is 0 Å². The predicted molar refractivity (Wildman–Crippen MR) is 213 cm³/mol. The Hall–Kier alpha value is -4.90. The fourth-order valence-electron chi connectivity index (χ4n) is 8.10. The van der Waals surface area contributed by atoms with Crippen molar-refractivity contribution in [2.75, 3.05) is 68.5 Å². The number of amides is 3. The van der Waals surface area contributed by atoms with E-state index in [2.05, 4.69) is 39.8 Å². The van der Waals surface area contributed by atoms with Gasteiger partial charge in [-0.15, -0.1) is 0 Å². The second kappa shape index (κ2) is 16.7. The molecule has 0 bridgehead atoms. The van der Waals surface area contributed by atoms with Crippen LogP contribution in [0, 0.1) is 5.92 Å². The summed E-state index contributed by atoms with van der Waals surface area (Å²) in [5, 5.41) is 5.52. The van der Waals surface area contributed by atoms with E-state index in [-0.39, 0.29) is 29.7 Å². The molecular formula is C40H50N10O5S. The summed E-state index contributed by atoms with van der Waals surface area (Å²) in [7, 11) is -3.79. The Kier molecular flexibility index (Phi) is 11.3. The van der Waals surface area contributed by atoms with Crippen LogP contribution in [0.5, 0.6) is 0 Å². The van der Waals surface area contributed by atoms with Crippen molar-refractivity contribution in [2.45, 2.75) is 56.9 Å². The summed E-state index contributed by atoms with van der Waals surface area (Å²) in [4.78, 5) is 53.0. The molecule has 1 aromatic carbocycles. The van der Waals surface area contributed by atoms with Crippen molar-refractivity contribution < 1.29 is 22.8 Å². The highest BCUT2D eigenvalue weighted by Gasteiger charge is 2.30. The molecule has 1 aliphatic carbocycles. The number of nitrogens with one attached hydrogen (secondary N) is 4. The van der Waals surface area contributed by atoms with Crippen LogP contribution in [0.2, 0.25) is 0 Å². The molecule has 4 N–H and O–H groups in total. The van der Waals surface area contributed by atoms with Gasteiger partial charge in [0.15, 0.2) is 0 Å². The maximum atomic E-state index is 13.0. The van der Waals surface area contributed by atoms with E-state index in [1.165, 1.54) is 0 Å². The number of carbonyl (C=O) groups excluding carboxylic acids is 3. The molecule has 4 aliphatic rings. The number of imidazole rings is 1. The van der Waals surface area contributed by atoms with Crippen LogP contribution in [-0.4, -0.2) is 115 Å². The Morgan fingerprint density at radius 3 is 2.46 bits per heavy atom. The SMILES string of the molecule is O=C1CCC(c2ccnc(N3CCC(CN4CCN(CCNS(=O)(=O)Nc5cccc(-c6cn7cc(C(=O)NC8CCC8)ccc7n6)c5)CC4)CC3)c2)C(=O)N1. The van der Waals surface area contributed by atoms with Gasteiger partial charge in [-0.05, 0) is 86.4 Å². The molecule has 3 aliphatic heterocycles. The third kappa shape index (κ3) is 9.20. The molecule has 4 aromatic rings. The van der Waals surface area contributed by atoms with Gasteiger partial charge in [0.1, 0.15) is 11.5 Å². The number of piperidine rings is 2. The fraction of sp³-hybridized carbons (Fsp3) is 0.475. The molecule has 3 saturated heterocycles. The van der Waals surface area contributed by atoms with E-state index in [0.29, 0.717) is 54.4 Å².